The molecular formula is C18H40N8. The second-order valence-corrected chi connectivity index (χ2v) is 6.58. The van der Waals surface area contributed by atoms with Crippen molar-refractivity contribution >= 4 is 11.9 Å². The third-order valence-electron chi connectivity index (χ3n) is 4.03. The van der Waals surface area contributed by atoms with Crippen molar-refractivity contribution in [2.45, 2.75) is 39.0 Å². The van der Waals surface area contributed by atoms with Crippen LogP contribution in [-0.2, 0) is 0 Å². The molecule has 0 aromatic heterocycles. The minimum absolute atomic E-state index is 0.0448. The van der Waals surface area contributed by atoms with E-state index in [4.69, 9.17) is 22.3 Å². The zero-order valence-electron chi connectivity index (χ0n) is 16.7. The molecule has 0 spiro atoms. The van der Waals surface area contributed by atoms with Gasteiger partial charge in [0.1, 0.15) is 0 Å². The molecule has 0 aromatic carbocycles. The average Bonchev–Trinajstić information content (AvgIpc) is 2.58. The average molecular weight is 369 g/mol. The highest BCUT2D eigenvalue weighted by molar-refractivity contribution is 5.74. The van der Waals surface area contributed by atoms with Crippen LogP contribution in [0.2, 0.25) is 0 Å². The number of nitrogens with zero attached hydrogens (tertiary/aromatic N) is 2. The monoisotopic (exact) mass is 368 g/mol. The summed E-state index contributed by atoms with van der Waals surface area (Å²) in [6.07, 6.45) is 9.86. The Kier molecular flexibility index (Phi) is 15.5. The molecule has 0 bridgehead atoms. The van der Waals surface area contributed by atoms with E-state index in [0.29, 0.717) is 0 Å². The van der Waals surface area contributed by atoms with Gasteiger partial charge < -0.3 is 27.0 Å². The summed E-state index contributed by atoms with van der Waals surface area (Å²) in [4.78, 5) is 4.80. The topological polar surface area (TPSA) is 130 Å². The van der Waals surface area contributed by atoms with Crippen LogP contribution in [0.4, 0.5) is 0 Å². The van der Waals surface area contributed by atoms with Crippen LogP contribution in [0.15, 0.2) is 12.2 Å². The first-order valence-electron chi connectivity index (χ1n) is 9.67. The standard InChI is InChI=1S/C18H40N8/c1-3-4-5-14-26(16-9-11-24-18(21)22)15-7-6-12-25(2)13-8-10-23-17(19)20/h4-5H,3,6-16H2,1-2H3,(H4,19,20,23)(H4,21,22,24)/b5-4-. The van der Waals surface area contributed by atoms with Gasteiger partial charge >= 0.3 is 0 Å². The molecule has 0 aliphatic heterocycles. The van der Waals surface area contributed by atoms with E-state index in [1.807, 2.05) is 0 Å². The zero-order chi connectivity index (χ0) is 19.6. The van der Waals surface area contributed by atoms with E-state index in [1.165, 1.54) is 12.8 Å². The van der Waals surface area contributed by atoms with E-state index in [1.54, 1.807) is 0 Å². The third-order valence-corrected chi connectivity index (χ3v) is 4.03. The molecule has 0 unspecified atom stereocenters. The molecule has 0 rings (SSSR count). The molecule has 0 aliphatic carbocycles. The maximum Gasteiger partial charge on any atom is 0.185 e. The highest BCUT2D eigenvalue weighted by Gasteiger charge is 2.04. The van der Waals surface area contributed by atoms with Crippen LogP contribution in [0.1, 0.15) is 39.0 Å². The van der Waals surface area contributed by atoms with Gasteiger partial charge in [0.05, 0.1) is 0 Å². The molecule has 152 valence electrons. The molecule has 0 amide bonds. The summed E-state index contributed by atoms with van der Waals surface area (Å²) < 4.78 is 0. The summed E-state index contributed by atoms with van der Waals surface area (Å²) in [6, 6.07) is 0. The lowest BCUT2D eigenvalue weighted by molar-refractivity contribution is 0.273. The number of allylic oxidation sites excluding steroid dienone is 1. The van der Waals surface area contributed by atoms with Crippen molar-refractivity contribution < 1.29 is 0 Å². The van der Waals surface area contributed by atoms with Crippen molar-refractivity contribution in [2.75, 3.05) is 52.9 Å². The van der Waals surface area contributed by atoms with Gasteiger partial charge in [-0.15, -0.1) is 0 Å². The second-order valence-electron chi connectivity index (χ2n) is 6.58. The summed E-state index contributed by atoms with van der Waals surface area (Å²) in [5.74, 6) is 0.0901. The van der Waals surface area contributed by atoms with Gasteiger partial charge in [-0.3, -0.25) is 15.7 Å². The van der Waals surface area contributed by atoms with Crippen molar-refractivity contribution in [2.24, 2.45) is 11.5 Å². The maximum atomic E-state index is 7.19. The Bertz CT molecular complexity index is 397. The molecular weight excluding hydrogens is 328 g/mol. The van der Waals surface area contributed by atoms with Gasteiger partial charge in [0, 0.05) is 26.2 Å². The van der Waals surface area contributed by atoms with Crippen molar-refractivity contribution in [3.63, 3.8) is 0 Å². The molecule has 0 fully saturated rings. The number of nitrogens with one attached hydrogen (secondary N) is 4. The first-order valence-corrected chi connectivity index (χ1v) is 9.67. The fourth-order valence-corrected chi connectivity index (χ4v) is 2.61. The van der Waals surface area contributed by atoms with Gasteiger partial charge in [0.25, 0.3) is 0 Å². The van der Waals surface area contributed by atoms with E-state index in [2.05, 4.69) is 46.6 Å². The largest absolute Gasteiger partial charge is 0.370 e. The van der Waals surface area contributed by atoms with Gasteiger partial charge in [0.2, 0.25) is 0 Å². The molecule has 0 saturated heterocycles. The summed E-state index contributed by atoms with van der Waals surface area (Å²) in [7, 11) is 2.14. The van der Waals surface area contributed by atoms with Gasteiger partial charge in [-0.2, -0.15) is 0 Å². The van der Waals surface area contributed by atoms with Gasteiger partial charge in [-0.05, 0) is 58.8 Å². The maximum absolute atomic E-state index is 7.19. The molecule has 0 aliphatic rings. The zero-order valence-corrected chi connectivity index (χ0v) is 16.7. The first kappa shape index (κ1) is 24.2. The Morgan fingerprint density at radius 3 is 1.92 bits per heavy atom. The number of hydrogen-bond acceptors (Lipinski definition) is 4. The van der Waals surface area contributed by atoms with Crippen LogP contribution < -0.4 is 22.1 Å². The molecule has 26 heavy (non-hydrogen) atoms. The quantitative estimate of drug-likeness (QED) is 0.103. The van der Waals surface area contributed by atoms with Crippen LogP contribution in [0.3, 0.4) is 0 Å². The van der Waals surface area contributed by atoms with Gasteiger partial charge in [0.15, 0.2) is 11.9 Å². The second kappa shape index (κ2) is 16.7. The minimum atomic E-state index is 0.0448. The Morgan fingerprint density at radius 2 is 1.35 bits per heavy atom. The number of rotatable bonds is 16. The normalized spacial score (nSPS) is 11.4. The van der Waals surface area contributed by atoms with E-state index in [0.717, 1.165) is 65.1 Å². The Hall–Kier alpha value is -1.80. The SMILES string of the molecule is CC/C=C\CN(CCCCN(C)CCCNC(=N)N)CCCNC(=N)N. The van der Waals surface area contributed by atoms with E-state index < -0.39 is 0 Å². The summed E-state index contributed by atoms with van der Waals surface area (Å²) >= 11 is 0. The Labute approximate surface area is 159 Å². The lowest BCUT2D eigenvalue weighted by atomic mass is 10.2. The van der Waals surface area contributed by atoms with Crippen LogP contribution >= 0.6 is 0 Å². The summed E-state index contributed by atoms with van der Waals surface area (Å²) in [5, 5.41) is 20.0. The lowest BCUT2D eigenvalue weighted by Crippen LogP contribution is -2.34. The first-order chi connectivity index (χ1) is 12.5. The van der Waals surface area contributed by atoms with Crippen molar-refractivity contribution in [3.8, 4) is 0 Å². The van der Waals surface area contributed by atoms with Crippen molar-refractivity contribution in [1.82, 2.24) is 20.4 Å². The van der Waals surface area contributed by atoms with Crippen LogP contribution in [-0.4, -0.2) is 74.6 Å². The third kappa shape index (κ3) is 17.0. The van der Waals surface area contributed by atoms with Gasteiger partial charge in [-0.25, -0.2) is 0 Å². The van der Waals surface area contributed by atoms with Crippen LogP contribution in [0, 0.1) is 10.8 Å². The fraction of sp³-hybridized carbons (Fsp3) is 0.778. The summed E-state index contributed by atoms with van der Waals surface area (Å²) in [5.41, 5.74) is 10.6. The molecule has 8 N–H and O–H groups in total. The fourth-order valence-electron chi connectivity index (χ4n) is 2.61. The Balaban J connectivity index is 3.89. The van der Waals surface area contributed by atoms with Gasteiger partial charge in [-0.1, -0.05) is 19.1 Å². The Morgan fingerprint density at radius 1 is 0.846 bits per heavy atom. The molecule has 0 radical (unpaired) electrons. The molecule has 0 heterocycles. The van der Waals surface area contributed by atoms with E-state index in [-0.39, 0.29) is 11.9 Å². The number of hydrogen-bond donors (Lipinski definition) is 6. The smallest absolute Gasteiger partial charge is 0.185 e. The predicted molar refractivity (Wildman–Crippen MR) is 112 cm³/mol. The van der Waals surface area contributed by atoms with E-state index in [9.17, 15) is 0 Å². The number of unbranched alkanes of at least 4 members (excludes halogenated alkanes) is 1. The lowest BCUT2D eigenvalue weighted by Gasteiger charge is -2.22. The van der Waals surface area contributed by atoms with E-state index >= 15 is 0 Å². The van der Waals surface area contributed by atoms with Crippen LogP contribution in [0.5, 0.6) is 0 Å². The van der Waals surface area contributed by atoms with Crippen molar-refractivity contribution in [1.29, 1.82) is 10.8 Å². The molecule has 0 atom stereocenters. The molecule has 0 saturated carbocycles. The molecule has 0 aromatic rings. The summed E-state index contributed by atoms with van der Waals surface area (Å²) in [6.45, 7) is 8.85. The molecule has 8 nitrogen and oxygen atoms in total. The van der Waals surface area contributed by atoms with Crippen LogP contribution in [0.25, 0.3) is 0 Å². The predicted octanol–water partition coefficient (Wildman–Crippen LogP) is 0.713. The van der Waals surface area contributed by atoms with Crippen molar-refractivity contribution in [3.05, 3.63) is 12.2 Å². The molecule has 8 heteroatoms. The number of nitrogens with two attached hydrogens (primary N) is 2. The highest BCUT2D eigenvalue weighted by atomic mass is 15.1. The number of guanidine groups is 2. The highest BCUT2D eigenvalue weighted by Crippen LogP contribution is 2.00. The minimum Gasteiger partial charge on any atom is -0.370 e.